The normalized spacial score (nSPS) is 18.2. The Morgan fingerprint density at radius 3 is 2.91 bits per heavy atom. The molecule has 170 valence electrons. The van der Waals surface area contributed by atoms with E-state index < -0.39 is 0 Å². The molecule has 0 spiro atoms. The maximum atomic E-state index is 12.8. The third-order valence-corrected chi connectivity index (χ3v) is 6.53. The Kier molecular flexibility index (Phi) is 5.92. The number of aromatic amines is 1. The molecular formula is C25H27N5O3. The van der Waals surface area contributed by atoms with Gasteiger partial charge >= 0.3 is 0 Å². The minimum Gasteiger partial charge on any atom is -0.496 e. The van der Waals surface area contributed by atoms with Crippen LogP contribution in [0.25, 0.3) is 0 Å². The molecule has 1 atom stereocenters. The molecule has 33 heavy (non-hydrogen) atoms. The molecule has 0 unspecified atom stereocenters. The van der Waals surface area contributed by atoms with Gasteiger partial charge in [0.25, 0.3) is 11.5 Å². The molecule has 4 heterocycles. The average Bonchev–Trinajstić information content (AvgIpc) is 3.35. The van der Waals surface area contributed by atoms with Gasteiger partial charge in [0.05, 0.1) is 18.4 Å². The fourth-order valence-electron chi connectivity index (χ4n) is 4.76. The van der Waals surface area contributed by atoms with Crippen LogP contribution in [-0.4, -0.2) is 57.4 Å². The van der Waals surface area contributed by atoms with Gasteiger partial charge in [-0.1, -0.05) is 18.2 Å². The third-order valence-electron chi connectivity index (χ3n) is 6.53. The number of benzene rings is 1. The summed E-state index contributed by atoms with van der Waals surface area (Å²) in [6, 6.07) is 11.5. The van der Waals surface area contributed by atoms with E-state index in [0.29, 0.717) is 37.4 Å². The molecule has 0 radical (unpaired) electrons. The first-order chi connectivity index (χ1) is 16.1. The van der Waals surface area contributed by atoms with E-state index in [9.17, 15) is 9.59 Å². The first-order valence-corrected chi connectivity index (χ1v) is 11.3. The van der Waals surface area contributed by atoms with E-state index in [2.05, 4.69) is 20.9 Å². The Bertz CT molecular complexity index is 1210. The summed E-state index contributed by atoms with van der Waals surface area (Å²) in [5, 5.41) is 0. The van der Waals surface area contributed by atoms with Crippen molar-refractivity contribution in [1.29, 1.82) is 0 Å². The number of aromatic nitrogens is 3. The number of carbonyl (C=O) groups is 1. The van der Waals surface area contributed by atoms with Gasteiger partial charge in [0.2, 0.25) is 0 Å². The van der Waals surface area contributed by atoms with E-state index in [-0.39, 0.29) is 17.4 Å². The molecular weight excluding hydrogens is 418 g/mol. The van der Waals surface area contributed by atoms with Crippen LogP contribution in [0.3, 0.4) is 0 Å². The Balaban J connectivity index is 1.32. The topological polar surface area (TPSA) is 91.4 Å². The average molecular weight is 446 g/mol. The summed E-state index contributed by atoms with van der Waals surface area (Å²) in [7, 11) is 1.68. The van der Waals surface area contributed by atoms with Crippen molar-refractivity contribution in [3.05, 3.63) is 87.4 Å². The van der Waals surface area contributed by atoms with Crippen LogP contribution in [0, 0.1) is 0 Å². The molecule has 1 fully saturated rings. The number of para-hydroxylation sites is 1. The van der Waals surface area contributed by atoms with Crippen LogP contribution >= 0.6 is 0 Å². The van der Waals surface area contributed by atoms with Gasteiger partial charge in [-0.3, -0.25) is 19.5 Å². The van der Waals surface area contributed by atoms with Crippen molar-refractivity contribution >= 4 is 5.91 Å². The van der Waals surface area contributed by atoms with Gasteiger partial charge in [0.1, 0.15) is 11.6 Å². The van der Waals surface area contributed by atoms with Crippen LogP contribution in [0.2, 0.25) is 0 Å². The molecule has 1 amide bonds. The molecule has 1 aromatic carbocycles. The first kappa shape index (κ1) is 21.3. The highest BCUT2D eigenvalue weighted by Gasteiger charge is 2.31. The largest absolute Gasteiger partial charge is 0.496 e. The fraction of sp³-hybridized carbons (Fsp3) is 0.360. The predicted octanol–water partition coefficient (Wildman–Crippen LogP) is 2.36. The van der Waals surface area contributed by atoms with Crippen molar-refractivity contribution < 1.29 is 9.53 Å². The van der Waals surface area contributed by atoms with E-state index in [1.807, 2.05) is 23.1 Å². The number of methoxy groups -OCH3 is 1. The highest BCUT2D eigenvalue weighted by molar-refractivity contribution is 5.94. The quantitative estimate of drug-likeness (QED) is 0.648. The molecule has 0 aliphatic carbocycles. The number of rotatable bonds is 5. The number of likely N-dealkylation sites (tertiary alicyclic amines) is 1. The minimum atomic E-state index is -0.0519. The van der Waals surface area contributed by atoms with Gasteiger partial charge in [-0.2, -0.15) is 0 Å². The number of fused-ring (bicyclic) bond motifs is 1. The second kappa shape index (κ2) is 9.15. The fourth-order valence-corrected chi connectivity index (χ4v) is 4.76. The number of nitrogens with one attached hydrogen (secondary N) is 1. The Morgan fingerprint density at radius 2 is 2.09 bits per heavy atom. The Hall–Kier alpha value is -3.52. The number of pyridine rings is 1. The zero-order valence-corrected chi connectivity index (χ0v) is 18.7. The van der Waals surface area contributed by atoms with Crippen LogP contribution < -0.4 is 10.3 Å². The molecule has 0 saturated carbocycles. The summed E-state index contributed by atoms with van der Waals surface area (Å²) in [5.74, 6) is 1.54. The summed E-state index contributed by atoms with van der Waals surface area (Å²) in [6.45, 7) is 3.34. The highest BCUT2D eigenvalue weighted by Crippen LogP contribution is 2.27. The lowest BCUT2D eigenvalue weighted by Gasteiger charge is -2.28. The third kappa shape index (κ3) is 4.39. The molecule has 2 aliphatic heterocycles. The predicted molar refractivity (Wildman–Crippen MR) is 123 cm³/mol. The molecule has 1 saturated heterocycles. The molecule has 0 bridgehead atoms. The van der Waals surface area contributed by atoms with Gasteiger partial charge < -0.3 is 14.6 Å². The summed E-state index contributed by atoms with van der Waals surface area (Å²) in [5.41, 5.74) is 3.26. The van der Waals surface area contributed by atoms with Crippen LogP contribution in [0.5, 0.6) is 5.75 Å². The molecule has 3 aromatic rings. The van der Waals surface area contributed by atoms with Crippen molar-refractivity contribution in [2.45, 2.75) is 31.8 Å². The monoisotopic (exact) mass is 445 g/mol. The van der Waals surface area contributed by atoms with Crippen molar-refractivity contribution in [3.63, 3.8) is 0 Å². The van der Waals surface area contributed by atoms with Gasteiger partial charge in [-0.05, 0) is 31.0 Å². The number of ether oxygens (including phenoxy) is 1. The lowest BCUT2D eigenvalue weighted by molar-refractivity contribution is 0.0790. The summed E-state index contributed by atoms with van der Waals surface area (Å²) in [4.78, 5) is 41.6. The Labute approximate surface area is 192 Å². The van der Waals surface area contributed by atoms with E-state index in [1.165, 1.54) is 0 Å². The maximum absolute atomic E-state index is 12.8. The van der Waals surface area contributed by atoms with Crippen molar-refractivity contribution in [3.8, 4) is 5.75 Å². The van der Waals surface area contributed by atoms with Gasteiger partial charge in [-0.25, -0.2) is 4.98 Å². The number of hydrogen-bond donors (Lipinski definition) is 1. The molecule has 1 N–H and O–H groups in total. The van der Waals surface area contributed by atoms with Crippen LogP contribution in [0.4, 0.5) is 0 Å². The molecule has 2 aromatic heterocycles. The van der Waals surface area contributed by atoms with Crippen LogP contribution in [0.15, 0.2) is 53.6 Å². The molecule has 5 rings (SSSR count). The lowest BCUT2D eigenvalue weighted by atomic mass is 10.0. The van der Waals surface area contributed by atoms with Gasteiger partial charge in [0, 0.05) is 62.2 Å². The summed E-state index contributed by atoms with van der Waals surface area (Å²) in [6.07, 6.45) is 4.69. The molecule has 8 heteroatoms. The summed E-state index contributed by atoms with van der Waals surface area (Å²) >= 11 is 0. The van der Waals surface area contributed by atoms with E-state index in [1.54, 1.807) is 31.6 Å². The number of hydrogen-bond acceptors (Lipinski definition) is 6. The van der Waals surface area contributed by atoms with Gasteiger partial charge in [-0.15, -0.1) is 0 Å². The number of carbonyl (C=O) groups excluding carboxylic acids is 1. The van der Waals surface area contributed by atoms with Gasteiger partial charge in [0.15, 0.2) is 0 Å². The number of H-pyrrole nitrogens is 1. The van der Waals surface area contributed by atoms with E-state index in [4.69, 9.17) is 9.72 Å². The highest BCUT2D eigenvalue weighted by atomic mass is 16.5. The molecule has 2 aliphatic rings. The van der Waals surface area contributed by atoms with Crippen LogP contribution in [-0.2, 0) is 19.5 Å². The zero-order chi connectivity index (χ0) is 22.8. The standard InChI is InChI=1S/C25H27N5O3/c1-33-22-7-3-2-5-18(22)14-29-11-9-20-21(16-29)27-23(28-24(20)31)19-8-12-30(15-19)25(32)17-6-4-10-26-13-17/h2-7,10,13,19H,8-9,11-12,14-16H2,1H3,(H,27,28,31)/t19-/m0/s1. The van der Waals surface area contributed by atoms with Crippen molar-refractivity contribution in [2.24, 2.45) is 0 Å². The smallest absolute Gasteiger partial charge is 0.255 e. The second-order valence-corrected chi connectivity index (χ2v) is 8.63. The first-order valence-electron chi connectivity index (χ1n) is 11.3. The van der Waals surface area contributed by atoms with E-state index >= 15 is 0 Å². The van der Waals surface area contributed by atoms with Crippen molar-refractivity contribution in [2.75, 3.05) is 26.7 Å². The summed E-state index contributed by atoms with van der Waals surface area (Å²) < 4.78 is 5.49. The molecule has 8 nitrogen and oxygen atoms in total. The SMILES string of the molecule is COc1ccccc1CN1CCc2c(nc([C@H]3CCN(C(=O)c4cccnc4)C3)[nH]c2=O)C1. The minimum absolute atomic E-state index is 0.0215. The maximum Gasteiger partial charge on any atom is 0.255 e. The van der Waals surface area contributed by atoms with Crippen molar-refractivity contribution in [1.82, 2.24) is 24.8 Å². The second-order valence-electron chi connectivity index (χ2n) is 8.63. The number of amides is 1. The number of nitrogens with zero attached hydrogens (tertiary/aromatic N) is 4. The lowest BCUT2D eigenvalue weighted by Crippen LogP contribution is -2.36. The van der Waals surface area contributed by atoms with Crippen LogP contribution in [0.1, 0.15) is 45.3 Å². The van der Waals surface area contributed by atoms with E-state index in [0.717, 1.165) is 42.1 Å². The Morgan fingerprint density at radius 1 is 1.21 bits per heavy atom. The zero-order valence-electron chi connectivity index (χ0n) is 18.7.